The van der Waals surface area contributed by atoms with Gasteiger partial charge in [-0.25, -0.2) is 0 Å². The first-order valence-electron chi connectivity index (χ1n) is 7.59. The maximum atomic E-state index is 10.2. The van der Waals surface area contributed by atoms with E-state index in [1.54, 1.807) is 0 Å². The van der Waals surface area contributed by atoms with Crippen molar-refractivity contribution in [1.29, 1.82) is 0 Å². The first kappa shape index (κ1) is 15.9. The number of nitrogens with zero attached hydrogens (tertiary/aromatic N) is 2. The molecular formula is C14H31N3O. The van der Waals surface area contributed by atoms with Gasteiger partial charge in [-0.05, 0) is 45.4 Å². The average molecular weight is 257 g/mol. The van der Waals surface area contributed by atoms with E-state index in [0.717, 1.165) is 52.4 Å². The summed E-state index contributed by atoms with van der Waals surface area (Å²) in [7, 11) is 0. The zero-order valence-corrected chi connectivity index (χ0v) is 12.2. The number of hydrogen-bond acceptors (Lipinski definition) is 4. The van der Waals surface area contributed by atoms with Gasteiger partial charge in [0.15, 0.2) is 0 Å². The highest BCUT2D eigenvalue weighted by Crippen LogP contribution is 2.01. The van der Waals surface area contributed by atoms with Gasteiger partial charge in [-0.1, -0.05) is 13.8 Å². The first-order valence-corrected chi connectivity index (χ1v) is 7.59. The molecule has 0 aromatic rings. The SMILES string of the molecule is CCCN(CCC)C[C@@H](O)CN1CCCNCC1. The minimum absolute atomic E-state index is 0.207. The van der Waals surface area contributed by atoms with Gasteiger partial charge in [-0.3, -0.25) is 4.90 Å². The van der Waals surface area contributed by atoms with E-state index in [1.807, 2.05) is 0 Å². The molecule has 0 bridgehead atoms. The second kappa shape index (κ2) is 9.73. The van der Waals surface area contributed by atoms with E-state index in [-0.39, 0.29) is 6.10 Å². The molecule has 1 rings (SSSR count). The van der Waals surface area contributed by atoms with Crippen LogP contribution in [0.25, 0.3) is 0 Å². The third kappa shape index (κ3) is 6.69. The Morgan fingerprint density at radius 1 is 1.17 bits per heavy atom. The molecule has 1 saturated heterocycles. The smallest absolute Gasteiger partial charge is 0.0793 e. The molecule has 1 heterocycles. The van der Waals surface area contributed by atoms with Crippen molar-refractivity contribution in [3.8, 4) is 0 Å². The lowest BCUT2D eigenvalue weighted by Crippen LogP contribution is -2.42. The van der Waals surface area contributed by atoms with Crippen molar-refractivity contribution < 1.29 is 5.11 Å². The Morgan fingerprint density at radius 3 is 2.56 bits per heavy atom. The van der Waals surface area contributed by atoms with E-state index < -0.39 is 0 Å². The van der Waals surface area contributed by atoms with E-state index >= 15 is 0 Å². The number of hydrogen-bond donors (Lipinski definition) is 2. The van der Waals surface area contributed by atoms with E-state index in [4.69, 9.17) is 0 Å². The summed E-state index contributed by atoms with van der Waals surface area (Å²) in [6.45, 7) is 12.6. The van der Waals surface area contributed by atoms with Crippen molar-refractivity contribution >= 4 is 0 Å². The summed E-state index contributed by atoms with van der Waals surface area (Å²) in [6, 6.07) is 0. The van der Waals surface area contributed by atoms with Gasteiger partial charge in [-0.15, -0.1) is 0 Å². The van der Waals surface area contributed by atoms with Crippen LogP contribution < -0.4 is 5.32 Å². The van der Waals surface area contributed by atoms with Crippen LogP contribution in [0, 0.1) is 0 Å². The Labute approximate surface area is 112 Å². The number of β-amino-alcohol motifs (C(OH)–C–C–N with tert-alkyl or cyclic N) is 1. The molecule has 0 aromatic heterocycles. The van der Waals surface area contributed by atoms with Crippen molar-refractivity contribution in [3.63, 3.8) is 0 Å². The number of nitrogens with one attached hydrogen (secondary N) is 1. The van der Waals surface area contributed by atoms with E-state index in [9.17, 15) is 5.11 Å². The fourth-order valence-electron chi connectivity index (χ4n) is 2.66. The Hall–Kier alpha value is -0.160. The van der Waals surface area contributed by atoms with E-state index in [0.29, 0.717) is 0 Å². The molecule has 4 heteroatoms. The summed E-state index contributed by atoms with van der Waals surface area (Å²) >= 11 is 0. The van der Waals surface area contributed by atoms with Crippen LogP contribution in [-0.2, 0) is 0 Å². The Morgan fingerprint density at radius 2 is 1.89 bits per heavy atom. The minimum atomic E-state index is -0.207. The molecule has 0 saturated carbocycles. The van der Waals surface area contributed by atoms with E-state index in [2.05, 4.69) is 29.0 Å². The highest BCUT2D eigenvalue weighted by Gasteiger charge is 2.15. The number of rotatable bonds is 8. The van der Waals surface area contributed by atoms with Crippen molar-refractivity contribution in [3.05, 3.63) is 0 Å². The van der Waals surface area contributed by atoms with Crippen LogP contribution >= 0.6 is 0 Å². The Bertz CT molecular complexity index is 183. The molecule has 0 radical (unpaired) electrons. The summed E-state index contributed by atoms with van der Waals surface area (Å²) in [5, 5.41) is 13.6. The van der Waals surface area contributed by atoms with Crippen LogP contribution in [0.5, 0.6) is 0 Å². The molecule has 0 unspecified atom stereocenters. The highest BCUT2D eigenvalue weighted by atomic mass is 16.3. The van der Waals surface area contributed by atoms with Crippen molar-refractivity contribution in [1.82, 2.24) is 15.1 Å². The summed E-state index contributed by atoms with van der Waals surface area (Å²) in [4.78, 5) is 4.78. The fourth-order valence-corrected chi connectivity index (χ4v) is 2.66. The van der Waals surface area contributed by atoms with Crippen molar-refractivity contribution in [2.45, 2.75) is 39.2 Å². The molecule has 0 spiro atoms. The highest BCUT2D eigenvalue weighted by molar-refractivity contribution is 4.72. The normalized spacial score (nSPS) is 20.0. The molecule has 4 nitrogen and oxygen atoms in total. The standard InChI is InChI=1S/C14H31N3O/c1-3-8-16(9-4-2)12-14(18)13-17-10-5-6-15-7-11-17/h14-15,18H,3-13H2,1-2H3/t14-/m1/s1. The van der Waals surface area contributed by atoms with Gasteiger partial charge in [0.25, 0.3) is 0 Å². The summed E-state index contributed by atoms with van der Waals surface area (Å²) in [5.41, 5.74) is 0. The van der Waals surface area contributed by atoms with E-state index in [1.165, 1.54) is 19.3 Å². The third-order valence-electron chi connectivity index (χ3n) is 3.45. The van der Waals surface area contributed by atoms with Crippen LogP contribution in [0.3, 0.4) is 0 Å². The lowest BCUT2D eigenvalue weighted by atomic mass is 10.2. The molecule has 1 atom stereocenters. The Balaban J connectivity index is 2.26. The molecule has 0 aliphatic carbocycles. The maximum absolute atomic E-state index is 10.2. The summed E-state index contributed by atoms with van der Waals surface area (Å²) in [6.07, 6.45) is 3.32. The predicted octanol–water partition coefficient (Wildman–Crippen LogP) is 0.765. The van der Waals surface area contributed by atoms with Gasteiger partial charge in [0.2, 0.25) is 0 Å². The maximum Gasteiger partial charge on any atom is 0.0793 e. The molecule has 18 heavy (non-hydrogen) atoms. The van der Waals surface area contributed by atoms with Crippen LogP contribution in [0.2, 0.25) is 0 Å². The number of aliphatic hydroxyl groups excluding tert-OH is 1. The van der Waals surface area contributed by atoms with Gasteiger partial charge in [0, 0.05) is 26.2 Å². The van der Waals surface area contributed by atoms with Gasteiger partial charge >= 0.3 is 0 Å². The van der Waals surface area contributed by atoms with Gasteiger partial charge in [0.05, 0.1) is 6.10 Å². The molecule has 108 valence electrons. The molecular weight excluding hydrogens is 226 g/mol. The van der Waals surface area contributed by atoms with Gasteiger partial charge in [0.1, 0.15) is 0 Å². The predicted molar refractivity (Wildman–Crippen MR) is 77.0 cm³/mol. The largest absolute Gasteiger partial charge is 0.390 e. The minimum Gasteiger partial charge on any atom is -0.390 e. The average Bonchev–Trinajstić information content (AvgIpc) is 2.58. The van der Waals surface area contributed by atoms with Crippen LogP contribution in [0.1, 0.15) is 33.1 Å². The second-order valence-electron chi connectivity index (χ2n) is 5.36. The lowest BCUT2D eigenvalue weighted by molar-refractivity contribution is 0.0757. The molecule has 2 N–H and O–H groups in total. The third-order valence-corrected chi connectivity index (χ3v) is 3.45. The summed E-state index contributed by atoms with van der Waals surface area (Å²) in [5.74, 6) is 0. The lowest BCUT2D eigenvalue weighted by Gasteiger charge is -2.28. The monoisotopic (exact) mass is 257 g/mol. The fraction of sp³-hybridized carbons (Fsp3) is 1.00. The molecule has 0 aromatic carbocycles. The van der Waals surface area contributed by atoms with Gasteiger partial charge in [-0.2, -0.15) is 0 Å². The molecule has 0 amide bonds. The van der Waals surface area contributed by atoms with Crippen LogP contribution in [-0.4, -0.2) is 73.4 Å². The summed E-state index contributed by atoms with van der Waals surface area (Å²) < 4.78 is 0. The Kier molecular flexibility index (Phi) is 8.59. The molecule has 1 aliphatic rings. The number of aliphatic hydroxyl groups is 1. The zero-order valence-electron chi connectivity index (χ0n) is 12.2. The van der Waals surface area contributed by atoms with Crippen molar-refractivity contribution in [2.24, 2.45) is 0 Å². The molecule has 1 aliphatic heterocycles. The zero-order chi connectivity index (χ0) is 13.2. The van der Waals surface area contributed by atoms with Crippen molar-refractivity contribution in [2.75, 3.05) is 52.4 Å². The quantitative estimate of drug-likeness (QED) is 0.673. The topological polar surface area (TPSA) is 38.7 Å². The van der Waals surface area contributed by atoms with Crippen LogP contribution in [0.15, 0.2) is 0 Å². The van der Waals surface area contributed by atoms with Gasteiger partial charge < -0.3 is 15.3 Å². The molecule has 1 fully saturated rings. The van der Waals surface area contributed by atoms with Crippen LogP contribution in [0.4, 0.5) is 0 Å². The first-order chi connectivity index (χ1) is 8.76. The second-order valence-corrected chi connectivity index (χ2v) is 5.36.